The van der Waals surface area contributed by atoms with E-state index in [1.807, 2.05) is 32.0 Å². The highest BCUT2D eigenvalue weighted by Crippen LogP contribution is 2.34. The second-order valence-electron chi connectivity index (χ2n) is 7.44. The molecule has 0 fully saturated rings. The summed E-state index contributed by atoms with van der Waals surface area (Å²) in [6.45, 7) is 9.41. The van der Waals surface area contributed by atoms with E-state index in [1.54, 1.807) is 27.0 Å². The molecule has 0 unspecified atom stereocenters. The lowest BCUT2D eigenvalue weighted by Crippen LogP contribution is -2.16. The molecule has 3 aromatic rings. The van der Waals surface area contributed by atoms with Crippen molar-refractivity contribution in [1.29, 1.82) is 0 Å². The molecule has 1 aromatic carbocycles. The number of hydrogen-bond donors (Lipinski definition) is 1. The van der Waals surface area contributed by atoms with Crippen LogP contribution in [0.25, 0.3) is 0 Å². The van der Waals surface area contributed by atoms with Crippen molar-refractivity contribution >= 4 is 34.2 Å². The summed E-state index contributed by atoms with van der Waals surface area (Å²) in [5, 5.41) is 7.13. The van der Waals surface area contributed by atoms with E-state index in [0.717, 1.165) is 28.2 Å². The van der Waals surface area contributed by atoms with Gasteiger partial charge < -0.3 is 19.5 Å². The number of ether oxygens (including phenoxy) is 3. The molecule has 0 aliphatic carbocycles. The fraction of sp³-hybridized carbons (Fsp3) is 0.333. The zero-order valence-corrected chi connectivity index (χ0v) is 20.6. The van der Waals surface area contributed by atoms with Gasteiger partial charge in [-0.1, -0.05) is 17.7 Å². The molecule has 2 heterocycles. The Morgan fingerprint density at radius 1 is 1.03 bits per heavy atom. The largest absolute Gasteiger partial charge is 0.471 e. The van der Waals surface area contributed by atoms with Crippen molar-refractivity contribution in [2.75, 3.05) is 18.5 Å². The van der Waals surface area contributed by atoms with Crippen LogP contribution in [-0.2, 0) is 16.2 Å². The normalized spacial score (nSPS) is 10.6. The lowest BCUT2D eigenvalue weighted by molar-refractivity contribution is 0.0527. The number of carbonyl (C=O) groups excluding carboxylic acids is 3. The van der Waals surface area contributed by atoms with E-state index in [0.29, 0.717) is 5.56 Å². The molecule has 0 aliphatic rings. The van der Waals surface area contributed by atoms with E-state index in [9.17, 15) is 14.4 Å². The van der Waals surface area contributed by atoms with Gasteiger partial charge in [-0.3, -0.25) is 4.79 Å². The van der Waals surface area contributed by atoms with Crippen LogP contribution in [0.2, 0.25) is 0 Å². The Balaban J connectivity index is 1.77. The molecule has 0 spiro atoms. The Bertz CT molecular complexity index is 1210. The van der Waals surface area contributed by atoms with Crippen molar-refractivity contribution in [3.63, 3.8) is 0 Å². The Labute approximate surface area is 201 Å². The fourth-order valence-electron chi connectivity index (χ4n) is 3.26. The van der Waals surface area contributed by atoms with E-state index >= 15 is 0 Å². The summed E-state index contributed by atoms with van der Waals surface area (Å²) >= 11 is 0.962. The summed E-state index contributed by atoms with van der Waals surface area (Å²) in [6, 6.07) is 7.40. The van der Waals surface area contributed by atoms with Gasteiger partial charge in [-0.25, -0.2) is 14.3 Å². The van der Waals surface area contributed by atoms with Gasteiger partial charge >= 0.3 is 11.9 Å². The number of aromatic nitrogens is 2. The predicted molar refractivity (Wildman–Crippen MR) is 128 cm³/mol. The van der Waals surface area contributed by atoms with Gasteiger partial charge in [0.15, 0.2) is 12.4 Å². The fourth-order valence-corrected chi connectivity index (χ4v) is 4.34. The van der Waals surface area contributed by atoms with Crippen LogP contribution in [0, 0.1) is 20.8 Å². The first-order valence-corrected chi connectivity index (χ1v) is 11.6. The first-order chi connectivity index (χ1) is 16.2. The molecule has 34 heavy (non-hydrogen) atoms. The standard InChI is InChI=1S/C24H27N3O6S/c1-6-31-23(29)19-16(5)20(24(30)32-7-2)34-22(19)25-21(28)17-10-11-27(26-17)13-33-18-9-8-14(3)12-15(18)4/h8-12H,6-7,13H2,1-5H3,(H,25,28). The Hall–Kier alpha value is -3.66. The Kier molecular flexibility index (Phi) is 8.06. The Morgan fingerprint density at radius 3 is 2.41 bits per heavy atom. The number of thiophene rings is 1. The van der Waals surface area contributed by atoms with E-state index in [2.05, 4.69) is 10.4 Å². The molecule has 2 aromatic heterocycles. The minimum absolute atomic E-state index is 0.121. The molecule has 0 radical (unpaired) electrons. The van der Waals surface area contributed by atoms with Crippen molar-refractivity contribution in [1.82, 2.24) is 9.78 Å². The first kappa shape index (κ1) is 25.0. The van der Waals surface area contributed by atoms with Crippen molar-refractivity contribution in [3.8, 4) is 5.75 Å². The topological polar surface area (TPSA) is 109 Å². The average Bonchev–Trinajstić information content (AvgIpc) is 3.38. The SMILES string of the molecule is CCOC(=O)c1sc(NC(=O)c2ccn(COc3ccc(C)cc3C)n2)c(C(=O)OCC)c1C. The smallest absolute Gasteiger partial charge is 0.348 e. The highest BCUT2D eigenvalue weighted by molar-refractivity contribution is 7.18. The average molecular weight is 486 g/mol. The van der Waals surface area contributed by atoms with Crippen LogP contribution >= 0.6 is 11.3 Å². The van der Waals surface area contributed by atoms with Gasteiger partial charge in [0.1, 0.15) is 15.6 Å². The van der Waals surface area contributed by atoms with Crippen molar-refractivity contribution < 1.29 is 28.6 Å². The van der Waals surface area contributed by atoms with Gasteiger partial charge in [0.25, 0.3) is 5.91 Å². The second kappa shape index (κ2) is 11.0. The number of hydrogen-bond acceptors (Lipinski definition) is 8. The van der Waals surface area contributed by atoms with E-state index in [4.69, 9.17) is 14.2 Å². The number of benzene rings is 1. The third-order valence-corrected chi connectivity index (χ3v) is 6.06. The van der Waals surface area contributed by atoms with E-state index < -0.39 is 17.8 Å². The number of anilines is 1. The molecule has 0 atom stereocenters. The van der Waals surface area contributed by atoms with E-state index in [1.165, 1.54) is 10.7 Å². The summed E-state index contributed by atoms with van der Waals surface area (Å²) in [5.41, 5.74) is 2.79. The third kappa shape index (κ3) is 5.63. The molecule has 0 bridgehead atoms. The van der Waals surface area contributed by atoms with Crippen LogP contribution in [-0.4, -0.2) is 40.8 Å². The quantitative estimate of drug-likeness (QED) is 0.444. The third-order valence-electron chi connectivity index (χ3n) is 4.87. The van der Waals surface area contributed by atoms with Gasteiger partial charge in [0.05, 0.1) is 18.8 Å². The van der Waals surface area contributed by atoms with Crippen LogP contribution in [0.4, 0.5) is 5.00 Å². The van der Waals surface area contributed by atoms with Crippen LogP contribution in [0.3, 0.4) is 0 Å². The molecule has 3 rings (SSSR count). The predicted octanol–water partition coefficient (Wildman–Crippen LogP) is 4.51. The number of carbonyl (C=O) groups is 3. The van der Waals surface area contributed by atoms with Crippen molar-refractivity contribution in [2.45, 2.75) is 41.3 Å². The second-order valence-corrected chi connectivity index (χ2v) is 8.46. The van der Waals surface area contributed by atoms with Gasteiger partial charge in [-0.05, 0) is 57.9 Å². The molecule has 9 nitrogen and oxygen atoms in total. The molecule has 0 saturated carbocycles. The monoisotopic (exact) mass is 485 g/mol. The number of aryl methyl sites for hydroxylation is 2. The minimum Gasteiger partial charge on any atom is -0.471 e. The number of nitrogens with one attached hydrogen (secondary N) is 1. The zero-order valence-electron chi connectivity index (χ0n) is 19.8. The van der Waals surface area contributed by atoms with Crippen LogP contribution < -0.4 is 10.1 Å². The number of rotatable bonds is 9. The molecule has 10 heteroatoms. The highest BCUT2D eigenvalue weighted by atomic mass is 32.1. The minimum atomic E-state index is -0.630. The lowest BCUT2D eigenvalue weighted by Gasteiger charge is -2.09. The molecular formula is C24H27N3O6S. The first-order valence-electron chi connectivity index (χ1n) is 10.8. The summed E-state index contributed by atoms with van der Waals surface area (Å²) < 4.78 is 17.5. The van der Waals surface area contributed by atoms with Gasteiger partial charge in [-0.15, -0.1) is 11.3 Å². The van der Waals surface area contributed by atoms with Crippen LogP contribution in [0.5, 0.6) is 5.75 Å². The van der Waals surface area contributed by atoms with Gasteiger partial charge in [0, 0.05) is 6.20 Å². The van der Waals surface area contributed by atoms with Crippen molar-refractivity contribution in [3.05, 3.63) is 63.3 Å². The molecule has 1 amide bonds. The summed E-state index contributed by atoms with van der Waals surface area (Å²) in [7, 11) is 0. The summed E-state index contributed by atoms with van der Waals surface area (Å²) in [5.74, 6) is -1.00. The maximum Gasteiger partial charge on any atom is 0.348 e. The molecule has 0 aliphatic heterocycles. The summed E-state index contributed by atoms with van der Waals surface area (Å²) in [6.07, 6.45) is 1.62. The molecule has 0 saturated heterocycles. The number of amides is 1. The molecular weight excluding hydrogens is 458 g/mol. The molecule has 1 N–H and O–H groups in total. The number of esters is 2. The van der Waals surface area contributed by atoms with Crippen LogP contribution in [0.1, 0.15) is 61.1 Å². The number of nitrogens with zero attached hydrogens (tertiary/aromatic N) is 2. The van der Waals surface area contributed by atoms with Gasteiger partial charge in [0.2, 0.25) is 0 Å². The maximum absolute atomic E-state index is 12.9. The Morgan fingerprint density at radius 2 is 1.74 bits per heavy atom. The van der Waals surface area contributed by atoms with Crippen LogP contribution in [0.15, 0.2) is 30.5 Å². The zero-order chi connectivity index (χ0) is 24.8. The van der Waals surface area contributed by atoms with E-state index in [-0.39, 0.29) is 41.1 Å². The lowest BCUT2D eigenvalue weighted by atomic mass is 10.1. The molecule has 180 valence electrons. The van der Waals surface area contributed by atoms with Gasteiger partial charge in [-0.2, -0.15) is 5.10 Å². The highest BCUT2D eigenvalue weighted by Gasteiger charge is 2.28. The maximum atomic E-state index is 12.9. The summed E-state index contributed by atoms with van der Waals surface area (Å²) in [4.78, 5) is 37.9. The van der Waals surface area contributed by atoms with Crippen molar-refractivity contribution in [2.24, 2.45) is 0 Å².